The molecule has 3 aromatic carbocycles. The lowest BCUT2D eigenvalue weighted by Crippen LogP contribution is -2.34. The summed E-state index contributed by atoms with van der Waals surface area (Å²) in [6.07, 6.45) is 13.2. The zero-order valence-electron chi connectivity index (χ0n) is 20.4. The summed E-state index contributed by atoms with van der Waals surface area (Å²) >= 11 is 0. The Kier molecular flexibility index (Phi) is 5.68. The molecule has 0 spiro atoms. The van der Waals surface area contributed by atoms with E-state index in [9.17, 15) is 0 Å². The van der Waals surface area contributed by atoms with Crippen molar-refractivity contribution in [1.82, 2.24) is 0 Å². The third-order valence-electron chi connectivity index (χ3n) is 7.78. The number of pyridine rings is 1. The van der Waals surface area contributed by atoms with Gasteiger partial charge in [-0.1, -0.05) is 54.5 Å². The molecule has 2 heterocycles. The smallest absolute Gasteiger partial charge is 0.213 e. The number of anilines is 2. The van der Waals surface area contributed by atoms with E-state index in [0.717, 1.165) is 13.0 Å². The van der Waals surface area contributed by atoms with Gasteiger partial charge in [-0.15, -0.1) is 0 Å². The van der Waals surface area contributed by atoms with Gasteiger partial charge in [-0.05, 0) is 66.8 Å². The minimum absolute atomic E-state index is 0.589. The maximum absolute atomic E-state index is 5.63. The highest BCUT2D eigenvalue weighted by Crippen LogP contribution is 2.52. The number of hydrogen-bond acceptors (Lipinski definition) is 1. The maximum Gasteiger partial charge on any atom is 0.213 e. The molecule has 4 aromatic rings. The van der Waals surface area contributed by atoms with E-state index in [1.165, 1.54) is 63.8 Å². The second kappa shape index (κ2) is 9.13. The van der Waals surface area contributed by atoms with E-state index in [4.69, 9.17) is 6.58 Å². The lowest BCUT2D eigenvalue weighted by molar-refractivity contribution is -0.670. The van der Waals surface area contributed by atoms with E-state index >= 15 is 0 Å². The van der Waals surface area contributed by atoms with Crippen LogP contribution in [0, 0.1) is 13.5 Å². The highest BCUT2D eigenvalue weighted by Gasteiger charge is 2.41. The van der Waals surface area contributed by atoms with E-state index in [1.54, 1.807) is 6.08 Å². The molecule has 0 bridgehead atoms. The normalized spacial score (nSPS) is 18.8. The SMILES string of the molecule is [CH+]=CCC[n+]1ccc(/C=C/c2ccc3c(c2)C2CCCC2N3c2ccc(C)cc2)c2ccccc21. The van der Waals surface area contributed by atoms with Gasteiger partial charge in [-0.2, -0.15) is 4.57 Å². The Hall–Kier alpha value is -3.74. The second-order valence-electron chi connectivity index (χ2n) is 9.97. The van der Waals surface area contributed by atoms with Gasteiger partial charge in [0.15, 0.2) is 18.8 Å². The summed E-state index contributed by atoms with van der Waals surface area (Å²) in [5.74, 6) is 0.635. The summed E-state index contributed by atoms with van der Waals surface area (Å²) in [4.78, 5) is 2.60. The van der Waals surface area contributed by atoms with Crippen LogP contribution >= 0.6 is 0 Å². The first-order chi connectivity index (χ1) is 17.2. The summed E-state index contributed by atoms with van der Waals surface area (Å²) < 4.78 is 2.28. The third-order valence-corrected chi connectivity index (χ3v) is 7.78. The predicted molar refractivity (Wildman–Crippen MR) is 147 cm³/mol. The number of fused-ring (bicyclic) bond motifs is 4. The van der Waals surface area contributed by atoms with Gasteiger partial charge in [-0.25, -0.2) is 0 Å². The van der Waals surface area contributed by atoms with Crippen LogP contribution in [0.1, 0.15) is 53.9 Å². The van der Waals surface area contributed by atoms with Crippen LogP contribution in [0.15, 0.2) is 85.1 Å². The summed E-state index contributed by atoms with van der Waals surface area (Å²) in [5.41, 5.74) is 9.31. The molecule has 2 nitrogen and oxygen atoms in total. The van der Waals surface area contributed by atoms with Gasteiger partial charge in [0, 0.05) is 35.5 Å². The Morgan fingerprint density at radius 1 is 0.971 bits per heavy atom. The van der Waals surface area contributed by atoms with Crippen LogP contribution in [-0.4, -0.2) is 6.04 Å². The van der Waals surface area contributed by atoms with Crippen LogP contribution in [-0.2, 0) is 6.54 Å². The molecule has 2 atom stereocenters. The van der Waals surface area contributed by atoms with Gasteiger partial charge in [0.25, 0.3) is 0 Å². The van der Waals surface area contributed by atoms with Gasteiger partial charge in [0.1, 0.15) is 0 Å². The predicted octanol–water partition coefficient (Wildman–Crippen LogP) is 7.77. The van der Waals surface area contributed by atoms with E-state index in [0.29, 0.717) is 12.0 Å². The summed E-state index contributed by atoms with van der Waals surface area (Å²) in [6.45, 7) is 8.68. The summed E-state index contributed by atoms with van der Waals surface area (Å²) in [7, 11) is 0. The molecule has 0 saturated heterocycles. The van der Waals surface area contributed by atoms with Crippen molar-refractivity contribution in [3.63, 3.8) is 0 Å². The molecule has 2 aliphatic rings. The van der Waals surface area contributed by atoms with Gasteiger partial charge in [0.05, 0.1) is 11.8 Å². The van der Waals surface area contributed by atoms with Crippen molar-refractivity contribution >= 4 is 34.4 Å². The first kappa shape index (κ1) is 21.8. The minimum Gasteiger partial charge on any atom is -0.338 e. The van der Waals surface area contributed by atoms with Gasteiger partial charge in [0.2, 0.25) is 12.1 Å². The fraction of sp³-hybridized carbons (Fsp3) is 0.242. The van der Waals surface area contributed by atoms with Crippen molar-refractivity contribution in [2.24, 2.45) is 0 Å². The topological polar surface area (TPSA) is 7.12 Å². The van der Waals surface area contributed by atoms with Crippen molar-refractivity contribution in [3.05, 3.63) is 114 Å². The Balaban J connectivity index is 1.34. The quantitative estimate of drug-likeness (QED) is 0.212. The van der Waals surface area contributed by atoms with Gasteiger partial charge < -0.3 is 4.90 Å². The van der Waals surface area contributed by atoms with Crippen LogP contribution in [0.4, 0.5) is 11.4 Å². The van der Waals surface area contributed by atoms with E-state index in [2.05, 4.69) is 108 Å². The number of aryl methyl sites for hydroxylation is 2. The fourth-order valence-corrected chi connectivity index (χ4v) is 6.07. The molecule has 6 rings (SSSR count). The molecule has 1 fully saturated rings. The van der Waals surface area contributed by atoms with Crippen LogP contribution < -0.4 is 9.47 Å². The Morgan fingerprint density at radius 3 is 2.69 bits per heavy atom. The molecule has 2 heteroatoms. The Labute approximate surface area is 208 Å². The molecule has 172 valence electrons. The summed E-state index contributed by atoms with van der Waals surface area (Å²) in [5, 5.41) is 1.27. The molecule has 2 unspecified atom stereocenters. The lowest BCUT2D eigenvalue weighted by atomic mass is 9.95. The number of benzene rings is 3. The molecule has 0 radical (unpaired) electrons. The molecule has 1 aromatic heterocycles. The lowest BCUT2D eigenvalue weighted by Gasteiger charge is -2.27. The van der Waals surface area contributed by atoms with Crippen LogP contribution in [0.25, 0.3) is 23.1 Å². The molecule has 0 amide bonds. The third kappa shape index (κ3) is 3.95. The molecular formula is C33H32N2+2. The van der Waals surface area contributed by atoms with Crippen molar-refractivity contribution < 1.29 is 4.57 Å². The molecule has 1 aliphatic carbocycles. The molecule has 1 saturated carbocycles. The molecule has 35 heavy (non-hydrogen) atoms. The van der Waals surface area contributed by atoms with Crippen molar-refractivity contribution in [2.75, 3.05) is 4.90 Å². The number of nitrogens with zero attached hydrogens (tertiary/aromatic N) is 2. The van der Waals surface area contributed by atoms with Crippen molar-refractivity contribution in [3.8, 4) is 0 Å². The molecule has 1 aliphatic heterocycles. The maximum atomic E-state index is 5.63. The Morgan fingerprint density at radius 2 is 1.83 bits per heavy atom. The van der Waals surface area contributed by atoms with Gasteiger partial charge in [-0.3, -0.25) is 0 Å². The molecular weight excluding hydrogens is 424 g/mol. The number of para-hydroxylation sites is 1. The summed E-state index contributed by atoms with van der Waals surface area (Å²) in [6, 6.07) is 27.5. The average molecular weight is 457 g/mol. The average Bonchev–Trinajstić information content (AvgIpc) is 3.48. The zero-order valence-corrected chi connectivity index (χ0v) is 20.4. The number of rotatable bonds is 6. The Bertz CT molecular complexity index is 1410. The highest BCUT2D eigenvalue weighted by atomic mass is 15.2. The van der Waals surface area contributed by atoms with Crippen molar-refractivity contribution in [2.45, 2.75) is 51.1 Å². The minimum atomic E-state index is 0.589. The van der Waals surface area contributed by atoms with Gasteiger partial charge >= 0.3 is 0 Å². The second-order valence-corrected chi connectivity index (χ2v) is 9.97. The molecule has 0 N–H and O–H groups in total. The number of allylic oxidation sites excluding steroid dienone is 1. The van der Waals surface area contributed by atoms with Crippen LogP contribution in [0.2, 0.25) is 0 Å². The van der Waals surface area contributed by atoms with E-state index in [1.807, 2.05) is 0 Å². The first-order valence-electron chi connectivity index (χ1n) is 12.9. The zero-order chi connectivity index (χ0) is 23.8. The van der Waals surface area contributed by atoms with Crippen LogP contribution in [0.3, 0.4) is 0 Å². The number of hydrogen-bond donors (Lipinski definition) is 0. The largest absolute Gasteiger partial charge is 0.338 e. The fourth-order valence-electron chi connectivity index (χ4n) is 6.07. The van der Waals surface area contributed by atoms with E-state index < -0.39 is 0 Å². The van der Waals surface area contributed by atoms with Crippen molar-refractivity contribution in [1.29, 1.82) is 0 Å². The highest BCUT2D eigenvalue weighted by molar-refractivity contribution is 5.89. The first-order valence-corrected chi connectivity index (χ1v) is 12.9. The standard InChI is InChI=1S/C33H32N2/c1-3-4-21-34-22-20-26(28-8-5-6-10-31(28)34)16-14-25-15-19-33-30(23-25)29-9-7-11-32(29)35(33)27-17-12-24(2)13-18-27/h1,3,5-6,8,10,12-20,22-23,29,32H,4,7,9,11,21H2,2H3/q+2. The van der Waals surface area contributed by atoms with E-state index in [-0.39, 0.29) is 0 Å². The van der Waals surface area contributed by atoms with Crippen LogP contribution in [0.5, 0.6) is 0 Å². The number of aromatic nitrogens is 1. The monoisotopic (exact) mass is 456 g/mol.